The first-order chi connectivity index (χ1) is 7.36. The number of hydrogen-bond acceptors (Lipinski definition) is 0. The lowest BCUT2D eigenvalue weighted by Gasteiger charge is -2.28. The normalized spacial score (nSPS) is 35.0. The van der Waals surface area contributed by atoms with Crippen molar-refractivity contribution in [2.75, 3.05) is 0 Å². The van der Waals surface area contributed by atoms with E-state index in [4.69, 9.17) is 0 Å². The third-order valence-electron chi connectivity index (χ3n) is 4.43. The molecule has 0 aromatic carbocycles. The Morgan fingerprint density at radius 2 is 1.33 bits per heavy atom. The molecule has 2 saturated carbocycles. The van der Waals surface area contributed by atoms with E-state index in [-0.39, 0.29) is 0 Å². The van der Waals surface area contributed by atoms with Crippen molar-refractivity contribution in [1.29, 1.82) is 0 Å². The van der Waals surface area contributed by atoms with Gasteiger partial charge in [-0.1, -0.05) is 67.3 Å². The second-order valence-electron chi connectivity index (χ2n) is 5.65. The molecular formula is C14H25Br. The molecule has 1 heteroatoms. The highest BCUT2D eigenvalue weighted by Gasteiger charge is 2.25. The minimum absolute atomic E-state index is 0.835. The molecule has 0 radical (unpaired) electrons. The van der Waals surface area contributed by atoms with Crippen LogP contribution in [-0.2, 0) is 0 Å². The Labute approximate surface area is 103 Å². The lowest BCUT2D eigenvalue weighted by atomic mass is 9.80. The fourth-order valence-corrected chi connectivity index (χ4v) is 4.26. The van der Waals surface area contributed by atoms with E-state index in [0.29, 0.717) is 0 Å². The molecule has 2 unspecified atom stereocenters. The summed E-state index contributed by atoms with van der Waals surface area (Å²) in [6.07, 6.45) is 16.4. The van der Waals surface area contributed by atoms with Gasteiger partial charge in [-0.2, -0.15) is 0 Å². The van der Waals surface area contributed by atoms with Gasteiger partial charge >= 0.3 is 0 Å². The second-order valence-corrected chi connectivity index (χ2v) is 6.83. The maximum absolute atomic E-state index is 3.93. The van der Waals surface area contributed by atoms with Gasteiger partial charge in [-0.3, -0.25) is 0 Å². The number of rotatable bonds is 2. The molecule has 0 N–H and O–H groups in total. The van der Waals surface area contributed by atoms with Crippen LogP contribution in [0, 0.1) is 11.8 Å². The Kier molecular flexibility index (Phi) is 5.00. The summed E-state index contributed by atoms with van der Waals surface area (Å²) in [7, 11) is 0. The molecule has 88 valence electrons. The van der Waals surface area contributed by atoms with Crippen LogP contribution in [0.4, 0.5) is 0 Å². The zero-order valence-electron chi connectivity index (χ0n) is 9.89. The van der Waals surface area contributed by atoms with E-state index < -0.39 is 0 Å². The zero-order chi connectivity index (χ0) is 10.5. The van der Waals surface area contributed by atoms with Crippen LogP contribution in [0.1, 0.15) is 70.6 Å². The Balaban J connectivity index is 1.79. The van der Waals surface area contributed by atoms with E-state index in [1.165, 1.54) is 70.6 Å². The van der Waals surface area contributed by atoms with E-state index in [0.717, 1.165) is 16.7 Å². The summed E-state index contributed by atoms with van der Waals surface area (Å²) in [5.41, 5.74) is 0. The first-order valence-electron chi connectivity index (χ1n) is 7.00. The summed E-state index contributed by atoms with van der Waals surface area (Å²) in [5.74, 6) is 2.07. The summed E-state index contributed by atoms with van der Waals surface area (Å²) in [5, 5.41) is 0. The van der Waals surface area contributed by atoms with Gasteiger partial charge in [-0.15, -0.1) is 0 Å². The van der Waals surface area contributed by atoms with Crippen LogP contribution in [-0.4, -0.2) is 4.83 Å². The van der Waals surface area contributed by atoms with Gasteiger partial charge in [-0.25, -0.2) is 0 Å². The minimum atomic E-state index is 0.835. The van der Waals surface area contributed by atoms with E-state index >= 15 is 0 Å². The van der Waals surface area contributed by atoms with Crippen molar-refractivity contribution in [2.24, 2.45) is 11.8 Å². The molecule has 0 heterocycles. The Morgan fingerprint density at radius 1 is 0.733 bits per heavy atom. The Hall–Kier alpha value is 0.480. The van der Waals surface area contributed by atoms with Crippen LogP contribution < -0.4 is 0 Å². The summed E-state index contributed by atoms with van der Waals surface area (Å²) in [6.45, 7) is 0. The maximum Gasteiger partial charge on any atom is 0.0174 e. The van der Waals surface area contributed by atoms with E-state index in [9.17, 15) is 0 Å². The van der Waals surface area contributed by atoms with Gasteiger partial charge in [0, 0.05) is 4.83 Å². The monoisotopic (exact) mass is 272 g/mol. The van der Waals surface area contributed by atoms with Crippen molar-refractivity contribution in [3.05, 3.63) is 0 Å². The molecule has 2 aliphatic carbocycles. The average Bonchev–Trinajstić information content (AvgIpc) is 2.46. The van der Waals surface area contributed by atoms with Crippen molar-refractivity contribution in [2.45, 2.75) is 75.5 Å². The molecule has 2 aliphatic rings. The van der Waals surface area contributed by atoms with Crippen LogP contribution in [0.25, 0.3) is 0 Å². The van der Waals surface area contributed by atoms with Crippen LogP contribution in [0.2, 0.25) is 0 Å². The number of hydrogen-bond donors (Lipinski definition) is 0. The molecule has 2 fully saturated rings. The van der Waals surface area contributed by atoms with Gasteiger partial charge in [0.2, 0.25) is 0 Å². The van der Waals surface area contributed by atoms with Gasteiger partial charge in [0.1, 0.15) is 0 Å². The molecule has 0 aromatic rings. The molecular weight excluding hydrogens is 248 g/mol. The lowest BCUT2D eigenvalue weighted by molar-refractivity contribution is 0.277. The minimum Gasteiger partial charge on any atom is -0.0888 e. The number of alkyl halides is 1. The third kappa shape index (κ3) is 3.76. The van der Waals surface area contributed by atoms with Crippen molar-refractivity contribution in [3.8, 4) is 0 Å². The predicted molar refractivity (Wildman–Crippen MR) is 70.5 cm³/mol. The third-order valence-corrected chi connectivity index (χ3v) is 5.63. The molecule has 0 amide bonds. The molecule has 0 nitrogen and oxygen atoms in total. The highest BCUT2D eigenvalue weighted by molar-refractivity contribution is 9.09. The highest BCUT2D eigenvalue weighted by Crippen LogP contribution is 2.37. The number of halogens is 1. The molecule has 0 spiro atoms. The fraction of sp³-hybridized carbons (Fsp3) is 1.00. The van der Waals surface area contributed by atoms with Gasteiger partial charge < -0.3 is 0 Å². The molecule has 0 saturated heterocycles. The van der Waals surface area contributed by atoms with E-state index in [2.05, 4.69) is 15.9 Å². The molecule has 15 heavy (non-hydrogen) atoms. The maximum atomic E-state index is 3.93. The largest absolute Gasteiger partial charge is 0.0888 e. The first kappa shape index (κ1) is 12.0. The van der Waals surface area contributed by atoms with Crippen molar-refractivity contribution in [1.82, 2.24) is 0 Å². The van der Waals surface area contributed by atoms with Crippen molar-refractivity contribution in [3.63, 3.8) is 0 Å². The summed E-state index contributed by atoms with van der Waals surface area (Å²) < 4.78 is 0. The molecule has 2 rings (SSSR count). The molecule has 0 bridgehead atoms. The Bertz CT molecular complexity index is 172. The van der Waals surface area contributed by atoms with Crippen LogP contribution in [0.3, 0.4) is 0 Å². The van der Waals surface area contributed by atoms with Crippen LogP contribution in [0.5, 0.6) is 0 Å². The van der Waals surface area contributed by atoms with Crippen LogP contribution in [0.15, 0.2) is 0 Å². The molecule has 0 aromatic heterocycles. The van der Waals surface area contributed by atoms with Gasteiger partial charge in [0.25, 0.3) is 0 Å². The smallest absolute Gasteiger partial charge is 0.0174 e. The average molecular weight is 273 g/mol. The molecule has 0 aliphatic heterocycles. The van der Waals surface area contributed by atoms with E-state index in [1.54, 1.807) is 0 Å². The predicted octanol–water partition coefficient (Wildman–Crippen LogP) is 5.30. The van der Waals surface area contributed by atoms with Gasteiger partial charge in [-0.05, 0) is 31.1 Å². The van der Waals surface area contributed by atoms with Gasteiger partial charge in [0.15, 0.2) is 0 Å². The standard InChI is InChI=1S/C14H25Br/c15-14-10-6-2-5-9-13(14)11-12-7-3-1-4-8-12/h12-14H,1-11H2. The zero-order valence-corrected chi connectivity index (χ0v) is 11.5. The second kappa shape index (κ2) is 6.27. The topological polar surface area (TPSA) is 0 Å². The van der Waals surface area contributed by atoms with Crippen molar-refractivity contribution >= 4 is 15.9 Å². The Morgan fingerprint density at radius 3 is 2.07 bits per heavy atom. The quantitative estimate of drug-likeness (QED) is 0.473. The highest BCUT2D eigenvalue weighted by atomic mass is 79.9. The van der Waals surface area contributed by atoms with Crippen molar-refractivity contribution < 1.29 is 0 Å². The molecule has 2 atom stereocenters. The lowest BCUT2D eigenvalue weighted by Crippen LogP contribution is -2.18. The summed E-state index contributed by atoms with van der Waals surface area (Å²) >= 11 is 3.93. The first-order valence-corrected chi connectivity index (χ1v) is 7.92. The summed E-state index contributed by atoms with van der Waals surface area (Å²) in [6, 6.07) is 0. The SMILES string of the molecule is BrC1CCCCCC1CC1CCCCC1. The van der Waals surface area contributed by atoms with E-state index in [1.807, 2.05) is 0 Å². The van der Waals surface area contributed by atoms with Crippen LogP contribution >= 0.6 is 15.9 Å². The fourth-order valence-electron chi connectivity index (χ4n) is 3.46. The van der Waals surface area contributed by atoms with Gasteiger partial charge in [0.05, 0.1) is 0 Å². The summed E-state index contributed by atoms with van der Waals surface area (Å²) in [4.78, 5) is 0.835.